The van der Waals surface area contributed by atoms with Crippen molar-refractivity contribution < 1.29 is 33.7 Å². The molecule has 1 saturated heterocycles. The molecule has 1 aliphatic heterocycles. The van der Waals surface area contributed by atoms with E-state index in [1.54, 1.807) is 20.8 Å². The lowest BCUT2D eigenvalue weighted by Crippen LogP contribution is -2.56. The third kappa shape index (κ3) is 12.5. The minimum Gasteiger partial charge on any atom is -0.444 e. The number of alkyl carbamates (subject to hydrolysis) is 1. The van der Waals surface area contributed by atoms with Crippen molar-refractivity contribution in [1.82, 2.24) is 10.6 Å². The average Bonchev–Trinajstić information content (AvgIpc) is 2.82. The van der Waals surface area contributed by atoms with E-state index >= 15 is 0 Å². The van der Waals surface area contributed by atoms with Crippen LogP contribution in [0, 0.1) is 5.92 Å². The summed E-state index contributed by atoms with van der Waals surface area (Å²) in [5, 5.41) is 12.6. The van der Waals surface area contributed by atoms with Gasteiger partial charge in [0, 0.05) is 13.7 Å². The molecule has 0 bridgehead atoms. The van der Waals surface area contributed by atoms with Gasteiger partial charge in [-0.1, -0.05) is 44.2 Å². The summed E-state index contributed by atoms with van der Waals surface area (Å²) in [5.41, 5.74) is 0.218. The Morgan fingerprint density at radius 1 is 1.14 bits per heavy atom. The Hall–Kier alpha value is -2.49. The highest BCUT2D eigenvalue weighted by Gasteiger charge is 2.36. The molecule has 36 heavy (non-hydrogen) atoms. The van der Waals surface area contributed by atoms with Crippen molar-refractivity contribution in [3.63, 3.8) is 0 Å². The maximum absolute atomic E-state index is 13.4. The first-order chi connectivity index (χ1) is 17.1. The number of benzene rings is 1. The summed E-state index contributed by atoms with van der Waals surface area (Å²) in [7, 11) is 1.00. The Kier molecular flexibility index (Phi) is 14.3. The van der Waals surface area contributed by atoms with Crippen molar-refractivity contribution in [2.24, 2.45) is 5.92 Å². The van der Waals surface area contributed by atoms with Crippen LogP contribution in [0.5, 0.6) is 0 Å². The van der Waals surface area contributed by atoms with E-state index in [9.17, 15) is 14.4 Å². The van der Waals surface area contributed by atoms with E-state index in [0.29, 0.717) is 25.9 Å². The first-order valence-corrected chi connectivity index (χ1v) is 12.6. The largest absolute Gasteiger partial charge is 0.444 e. The third-order valence-corrected chi connectivity index (χ3v) is 5.28. The van der Waals surface area contributed by atoms with E-state index in [0.717, 1.165) is 31.8 Å². The number of aliphatic hydroxyl groups is 1. The Morgan fingerprint density at radius 3 is 2.33 bits per heavy atom. The smallest absolute Gasteiger partial charge is 0.407 e. The van der Waals surface area contributed by atoms with Crippen LogP contribution in [0.4, 0.5) is 4.79 Å². The van der Waals surface area contributed by atoms with Crippen LogP contribution < -0.4 is 10.6 Å². The SMILES string of the molecule is CC(C)CC(C=O)NC(=O)C(OC1CCCCO1)C(Cc1ccccc1)NC(=O)OC(C)(C)C.CO. The zero-order valence-electron chi connectivity index (χ0n) is 22.5. The van der Waals surface area contributed by atoms with Crippen LogP contribution in [0.15, 0.2) is 30.3 Å². The van der Waals surface area contributed by atoms with Gasteiger partial charge in [-0.15, -0.1) is 0 Å². The topological polar surface area (TPSA) is 123 Å². The number of ether oxygens (including phenoxy) is 3. The lowest BCUT2D eigenvalue weighted by molar-refractivity contribution is -0.197. The molecule has 1 aliphatic rings. The molecule has 1 heterocycles. The fraction of sp³-hybridized carbons (Fsp3) is 0.667. The number of nitrogens with one attached hydrogen (secondary N) is 2. The van der Waals surface area contributed by atoms with Crippen molar-refractivity contribution in [3.8, 4) is 0 Å². The van der Waals surface area contributed by atoms with Crippen molar-refractivity contribution in [1.29, 1.82) is 0 Å². The predicted molar refractivity (Wildman–Crippen MR) is 137 cm³/mol. The molecule has 4 atom stereocenters. The van der Waals surface area contributed by atoms with E-state index in [-0.39, 0.29) is 5.92 Å². The second kappa shape index (κ2) is 16.3. The van der Waals surface area contributed by atoms with Gasteiger partial charge in [-0.2, -0.15) is 0 Å². The number of aliphatic hydroxyl groups excluding tert-OH is 1. The van der Waals surface area contributed by atoms with Crippen molar-refractivity contribution in [2.45, 2.75) is 96.8 Å². The van der Waals surface area contributed by atoms with Crippen LogP contribution >= 0.6 is 0 Å². The van der Waals surface area contributed by atoms with Gasteiger partial charge in [0.25, 0.3) is 5.91 Å². The van der Waals surface area contributed by atoms with Gasteiger partial charge >= 0.3 is 6.09 Å². The quantitative estimate of drug-likeness (QED) is 0.392. The van der Waals surface area contributed by atoms with E-state index in [2.05, 4.69) is 10.6 Å². The molecule has 204 valence electrons. The molecule has 9 nitrogen and oxygen atoms in total. The lowest BCUT2D eigenvalue weighted by atomic mass is 9.99. The van der Waals surface area contributed by atoms with Gasteiger partial charge in [0.05, 0.1) is 12.1 Å². The monoisotopic (exact) mass is 508 g/mol. The number of aldehydes is 1. The molecule has 2 rings (SSSR count). The molecule has 2 amide bonds. The molecule has 0 radical (unpaired) electrons. The van der Waals surface area contributed by atoms with Gasteiger partial charge in [-0.05, 0) is 64.4 Å². The fourth-order valence-electron chi connectivity index (χ4n) is 3.80. The van der Waals surface area contributed by atoms with Gasteiger partial charge < -0.3 is 34.7 Å². The van der Waals surface area contributed by atoms with E-state index in [4.69, 9.17) is 19.3 Å². The summed E-state index contributed by atoms with van der Waals surface area (Å²) in [6, 6.07) is 8.14. The van der Waals surface area contributed by atoms with Crippen LogP contribution in [0.1, 0.15) is 65.9 Å². The molecule has 0 aromatic heterocycles. The Balaban J connectivity index is 0.00000316. The summed E-state index contributed by atoms with van der Waals surface area (Å²) >= 11 is 0. The van der Waals surface area contributed by atoms with Crippen LogP contribution in [-0.4, -0.2) is 67.2 Å². The first-order valence-electron chi connectivity index (χ1n) is 12.6. The maximum atomic E-state index is 13.4. The number of rotatable bonds is 11. The van der Waals surface area contributed by atoms with Crippen molar-refractivity contribution in [2.75, 3.05) is 13.7 Å². The molecule has 0 saturated carbocycles. The van der Waals surface area contributed by atoms with Gasteiger partial charge in [-0.3, -0.25) is 4.79 Å². The molecule has 0 aliphatic carbocycles. The molecular weight excluding hydrogens is 464 g/mol. The highest BCUT2D eigenvalue weighted by atomic mass is 16.7. The van der Waals surface area contributed by atoms with Gasteiger partial charge in [0.2, 0.25) is 0 Å². The average molecular weight is 509 g/mol. The van der Waals surface area contributed by atoms with E-state index in [1.165, 1.54) is 0 Å². The second-order valence-corrected chi connectivity index (χ2v) is 10.2. The Bertz CT molecular complexity index is 774. The minimum atomic E-state index is -1.08. The fourth-order valence-corrected chi connectivity index (χ4v) is 3.80. The lowest BCUT2D eigenvalue weighted by Gasteiger charge is -2.33. The number of hydrogen-bond acceptors (Lipinski definition) is 7. The summed E-state index contributed by atoms with van der Waals surface area (Å²) < 4.78 is 17.3. The Labute approximate surface area is 215 Å². The first kappa shape index (κ1) is 31.5. The molecule has 1 fully saturated rings. The summed E-state index contributed by atoms with van der Waals surface area (Å²) in [6.07, 6.45) is 1.79. The molecule has 4 unspecified atom stereocenters. The molecule has 1 aromatic carbocycles. The van der Waals surface area contributed by atoms with Gasteiger partial charge in [0.15, 0.2) is 12.4 Å². The molecule has 1 aromatic rings. The molecular formula is C27H44N2O7. The van der Waals surface area contributed by atoms with Crippen molar-refractivity contribution >= 4 is 18.3 Å². The van der Waals surface area contributed by atoms with Gasteiger partial charge in [-0.25, -0.2) is 4.79 Å². The number of carbonyl (C=O) groups is 3. The zero-order chi connectivity index (χ0) is 27.1. The summed E-state index contributed by atoms with van der Waals surface area (Å²) in [5.74, 6) is -0.250. The summed E-state index contributed by atoms with van der Waals surface area (Å²) in [6.45, 7) is 9.83. The second-order valence-electron chi connectivity index (χ2n) is 10.2. The number of carbonyl (C=O) groups excluding carboxylic acids is 3. The molecule has 9 heteroatoms. The highest BCUT2D eigenvalue weighted by molar-refractivity contribution is 5.85. The van der Waals surface area contributed by atoms with E-state index in [1.807, 2.05) is 44.2 Å². The predicted octanol–water partition coefficient (Wildman–Crippen LogP) is 3.37. The van der Waals surface area contributed by atoms with Crippen LogP contribution in [0.25, 0.3) is 0 Å². The number of amides is 2. The normalized spacial score (nSPS) is 18.2. The van der Waals surface area contributed by atoms with Crippen LogP contribution in [0.3, 0.4) is 0 Å². The zero-order valence-corrected chi connectivity index (χ0v) is 22.5. The van der Waals surface area contributed by atoms with Crippen LogP contribution in [-0.2, 0) is 30.2 Å². The Morgan fingerprint density at radius 2 is 1.81 bits per heavy atom. The van der Waals surface area contributed by atoms with Crippen molar-refractivity contribution in [3.05, 3.63) is 35.9 Å². The van der Waals surface area contributed by atoms with E-state index < -0.39 is 42.1 Å². The standard InChI is InChI=1S/C26H40N2O6.CH4O/c1-18(2)15-20(17-29)27-24(30)23(33-22-13-9-10-14-32-22)21(16-19-11-7-6-8-12-19)28-25(31)34-26(3,4)5;1-2/h6-8,11-12,17-18,20-23H,9-10,13-16H2,1-5H3,(H,27,30)(H,28,31);2H,1H3. The highest BCUT2D eigenvalue weighted by Crippen LogP contribution is 2.20. The molecule has 3 N–H and O–H groups in total. The maximum Gasteiger partial charge on any atom is 0.407 e. The third-order valence-electron chi connectivity index (χ3n) is 5.28. The van der Waals surface area contributed by atoms with Crippen LogP contribution in [0.2, 0.25) is 0 Å². The van der Waals surface area contributed by atoms with Gasteiger partial charge in [0.1, 0.15) is 11.9 Å². The number of hydrogen-bond donors (Lipinski definition) is 3. The summed E-state index contributed by atoms with van der Waals surface area (Å²) in [4.78, 5) is 37.7. The minimum absolute atomic E-state index is 0.219. The molecule has 0 spiro atoms.